The molecule has 0 aliphatic carbocycles. The van der Waals surface area contributed by atoms with E-state index in [9.17, 15) is 24.6 Å². The van der Waals surface area contributed by atoms with E-state index >= 15 is 0 Å². The molecule has 134 valence electrons. The fraction of sp³-hybridized carbons (Fsp3) is 0.438. The Morgan fingerprint density at radius 1 is 1.32 bits per heavy atom. The lowest BCUT2D eigenvalue weighted by Gasteiger charge is -2.43. The van der Waals surface area contributed by atoms with Crippen molar-refractivity contribution in [2.45, 2.75) is 41.3 Å². The number of phenols is 1. The molecule has 9 heteroatoms. The van der Waals surface area contributed by atoms with Gasteiger partial charge in [0.05, 0.1) is 0 Å². The first-order valence-corrected chi connectivity index (χ1v) is 9.03. The van der Waals surface area contributed by atoms with Gasteiger partial charge in [0.1, 0.15) is 28.5 Å². The van der Waals surface area contributed by atoms with Gasteiger partial charge in [0.15, 0.2) is 0 Å². The topological polar surface area (TPSA) is 107 Å². The van der Waals surface area contributed by atoms with E-state index in [1.165, 1.54) is 28.8 Å². The van der Waals surface area contributed by atoms with Gasteiger partial charge < -0.3 is 20.4 Å². The second-order valence-corrected chi connectivity index (χ2v) is 8.87. The second-order valence-electron chi connectivity index (χ2n) is 6.58. The minimum Gasteiger partial charge on any atom is -0.508 e. The smallest absolute Gasteiger partial charge is 0.327 e. The summed E-state index contributed by atoms with van der Waals surface area (Å²) in [5.41, 5.74) is 0.588. The van der Waals surface area contributed by atoms with Crippen LogP contribution in [0.4, 0.5) is 0 Å². The minimum absolute atomic E-state index is 0.0822. The maximum Gasteiger partial charge on any atom is 0.327 e. The number of hydrogen-bond donors (Lipinski definition) is 4. The molecule has 7 nitrogen and oxygen atoms in total. The lowest BCUT2D eigenvalue weighted by molar-refractivity contribution is -0.161. The van der Waals surface area contributed by atoms with Crippen LogP contribution in [0.2, 0.25) is 0 Å². The van der Waals surface area contributed by atoms with E-state index < -0.39 is 45.2 Å². The molecule has 3 N–H and O–H groups in total. The molecule has 0 radical (unpaired) electrons. The highest BCUT2D eigenvalue weighted by atomic mass is 32.2. The number of carbonyl (C=O) groups excluding carboxylic acids is 2. The van der Waals surface area contributed by atoms with Crippen LogP contribution in [0.15, 0.2) is 24.3 Å². The third-order valence-corrected chi connectivity index (χ3v) is 6.53. The predicted molar refractivity (Wildman–Crippen MR) is 95.5 cm³/mol. The van der Waals surface area contributed by atoms with Crippen LogP contribution in [-0.4, -0.2) is 55.1 Å². The molecule has 2 aliphatic rings. The van der Waals surface area contributed by atoms with Crippen LogP contribution in [0.3, 0.4) is 0 Å². The summed E-state index contributed by atoms with van der Waals surface area (Å²) in [6, 6.07) is 4.40. The Balaban J connectivity index is 1.70. The molecule has 1 unspecified atom stereocenters. The van der Waals surface area contributed by atoms with Crippen molar-refractivity contribution < 1.29 is 24.6 Å². The van der Waals surface area contributed by atoms with Crippen LogP contribution in [-0.2, 0) is 14.4 Å². The Kier molecular flexibility index (Phi) is 4.40. The van der Waals surface area contributed by atoms with Gasteiger partial charge in [-0.25, -0.2) is 4.79 Å². The third kappa shape index (κ3) is 2.95. The standard InChI is InChI=1S/C16H18N2O5S2/c1-16(2)11(15(22)23)18-13(21)9(14(18)25-16)17-12(20)10(24)7-3-5-8(19)6-4-7/h3-6,9-11,14,19,24H,1-2H3,(H,17,20)(H,22,23)/t9-,10?,11+,14-/m1/s1. The summed E-state index contributed by atoms with van der Waals surface area (Å²) in [6.07, 6.45) is 0. The van der Waals surface area contributed by atoms with Gasteiger partial charge in [-0.05, 0) is 31.5 Å². The largest absolute Gasteiger partial charge is 0.508 e. The van der Waals surface area contributed by atoms with Crippen molar-refractivity contribution in [1.29, 1.82) is 0 Å². The Hall–Kier alpha value is -1.87. The summed E-state index contributed by atoms with van der Waals surface area (Å²) in [6.45, 7) is 3.55. The monoisotopic (exact) mass is 382 g/mol. The molecule has 2 heterocycles. The van der Waals surface area contributed by atoms with Crippen LogP contribution < -0.4 is 5.32 Å². The molecule has 0 spiro atoms. The van der Waals surface area contributed by atoms with Crippen LogP contribution in [0.1, 0.15) is 24.7 Å². The molecule has 2 amide bonds. The Labute approximate surface area is 154 Å². The Morgan fingerprint density at radius 2 is 1.92 bits per heavy atom. The molecule has 25 heavy (non-hydrogen) atoms. The molecule has 4 atom stereocenters. The molecule has 1 aromatic carbocycles. The van der Waals surface area contributed by atoms with Crippen LogP contribution in [0.5, 0.6) is 5.75 Å². The summed E-state index contributed by atoms with van der Waals surface area (Å²) >= 11 is 5.65. The maximum atomic E-state index is 12.4. The van der Waals surface area contributed by atoms with E-state index in [2.05, 4.69) is 17.9 Å². The lowest BCUT2D eigenvalue weighted by atomic mass is 9.96. The molecular weight excluding hydrogens is 364 g/mol. The molecule has 0 saturated carbocycles. The number of nitrogens with one attached hydrogen (secondary N) is 1. The van der Waals surface area contributed by atoms with Gasteiger partial charge in [-0.15, -0.1) is 11.8 Å². The van der Waals surface area contributed by atoms with Crippen molar-refractivity contribution in [3.63, 3.8) is 0 Å². The highest BCUT2D eigenvalue weighted by Crippen LogP contribution is 2.50. The molecule has 2 saturated heterocycles. The van der Waals surface area contributed by atoms with Gasteiger partial charge in [-0.3, -0.25) is 9.59 Å². The van der Waals surface area contributed by atoms with E-state index in [0.29, 0.717) is 5.56 Å². The quantitative estimate of drug-likeness (QED) is 0.457. The predicted octanol–water partition coefficient (Wildman–Crippen LogP) is 0.995. The normalized spacial score (nSPS) is 28.0. The van der Waals surface area contributed by atoms with E-state index in [1.54, 1.807) is 26.0 Å². The van der Waals surface area contributed by atoms with Crippen molar-refractivity contribution in [2.75, 3.05) is 0 Å². The van der Waals surface area contributed by atoms with Crippen molar-refractivity contribution >= 4 is 42.2 Å². The maximum absolute atomic E-state index is 12.4. The number of thioether (sulfide) groups is 1. The zero-order valence-corrected chi connectivity index (χ0v) is 15.3. The first-order valence-electron chi connectivity index (χ1n) is 7.63. The van der Waals surface area contributed by atoms with Crippen LogP contribution in [0.25, 0.3) is 0 Å². The number of carboxylic acid groups (broad SMARTS) is 1. The molecular formula is C16H18N2O5S2. The highest BCUT2D eigenvalue weighted by molar-refractivity contribution is 8.01. The summed E-state index contributed by atoms with van der Waals surface area (Å²) < 4.78 is -0.636. The molecule has 0 aromatic heterocycles. The number of hydrogen-bond acceptors (Lipinski definition) is 6. The first kappa shape index (κ1) is 17.9. The molecule has 1 aromatic rings. The number of thiol groups is 1. The molecule has 0 bridgehead atoms. The number of rotatable bonds is 4. The van der Waals surface area contributed by atoms with Gasteiger partial charge in [-0.1, -0.05) is 12.1 Å². The summed E-state index contributed by atoms with van der Waals surface area (Å²) in [5.74, 6) is -1.80. The number of fused-ring (bicyclic) bond motifs is 1. The van der Waals surface area contributed by atoms with E-state index in [4.69, 9.17) is 0 Å². The number of carbonyl (C=O) groups is 3. The average molecular weight is 382 g/mol. The number of aliphatic carboxylic acids is 1. The fourth-order valence-corrected chi connectivity index (χ4v) is 5.06. The minimum atomic E-state index is -1.05. The number of amides is 2. The van der Waals surface area contributed by atoms with Crippen LogP contribution >= 0.6 is 24.4 Å². The van der Waals surface area contributed by atoms with Crippen molar-refractivity contribution in [3.05, 3.63) is 29.8 Å². The summed E-state index contributed by atoms with van der Waals surface area (Å²) in [5, 5.41) is 20.2. The zero-order valence-electron chi connectivity index (χ0n) is 13.5. The summed E-state index contributed by atoms with van der Waals surface area (Å²) in [4.78, 5) is 37.6. The molecule has 2 aliphatic heterocycles. The number of phenolic OH excluding ortho intramolecular Hbond substituents is 1. The van der Waals surface area contributed by atoms with Gasteiger partial charge in [0.25, 0.3) is 0 Å². The highest BCUT2D eigenvalue weighted by Gasteiger charge is 2.64. The average Bonchev–Trinajstić information content (AvgIpc) is 2.80. The van der Waals surface area contributed by atoms with Gasteiger partial charge in [0, 0.05) is 4.75 Å². The van der Waals surface area contributed by atoms with E-state index in [-0.39, 0.29) is 5.75 Å². The number of carboxylic acids is 1. The van der Waals surface area contributed by atoms with E-state index in [1.807, 2.05) is 0 Å². The van der Waals surface area contributed by atoms with Crippen molar-refractivity contribution in [1.82, 2.24) is 10.2 Å². The van der Waals surface area contributed by atoms with Crippen molar-refractivity contribution in [3.8, 4) is 5.75 Å². The molecule has 3 rings (SSSR count). The lowest BCUT2D eigenvalue weighted by Crippen LogP contribution is -2.70. The van der Waals surface area contributed by atoms with Crippen LogP contribution in [0, 0.1) is 0 Å². The molecule has 2 fully saturated rings. The number of aromatic hydroxyl groups is 1. The van der Waals surface area contributed by atoms with E-state index in [0.717, 1.165) is 0 Å². The van der Waals surface area contributed by atoms with Gasteiger partial charge >= 0.3 is 5.97 Å². The fourth-order valence-electron chi connectivity index (χ4n) is 3.19. The SMILES string of the molecule is CC1(C)S[C@@H]2[C@H](NC(=O)C(S)c3ccc(O)cc3)C(=O)N2[C@H]1C(=O)O. The van der Waals surface area contributed by atoms with Crippen molar-refractivity contribution in [2.24, 2.45) is 0 Å². The number of β-lactam (4-membered cyclic amide) rings is 1. The third-order valence-electron chi connectivity index (χ3n) is 4.43. The van der Waals surface area contributed by atoms with Gasteiger partial charge in [0.2, 0.25) is 11.8 Å². The Bertz CT molecular complexity index is 737. The first-order chi connectivity index (χ1) is 11.6. The van der Waals surface area contributed by atoms with Gasteiger partial charge in [-0.2, -0.15) is 12.6 Å². The zero-order chi connectivity index (χ0) is 18.5. The second kappa shape index (κ2) is 6.14. The number of benzene rings is 1. The number of nitrogens with zero attached hydrogens (tertiary/aromatic N) is 1. The Morgan fingerprint density at radius 3 is 2.48 bits per heavy atom. The summed E-state index contributed by atoms with van der Waals surface area (Å²) in [7, 11) is 0.